The van der Waals surface area contributed by atoms with Crippen LogP contribution < -0.4 is 5.32 Å². The van der Waals surface area contributed by atoms with Crippen LogP contribution >= 0.6 is 0 Å². The summed E-state index contributed by atoms with van der Waals surface area (Å²) in [6.07, 6.45) is -1.19. The molecule has 0 radical (unpaired) electrons. The number of amides is 1. The van der Waals surface area contributed by atoms with E-state index in [1.54, 1.807) is 41.4 Å². The maximum Gasteiger partial charge on any atom is 0.407 e. The molecule has 33 heavy (non-hydrogen) atoms. The number of benzene rings is 1. The zero-order chi connectivity index (χ0) is 24.0. The van der Waals surface area contributed by atoms with Crippen LogP contribution in [0.4, 0.5) is 13.2 Å². The predicted molar refractivity (Wildman–Crippen MR) is 124 cm³/mol. The van der Waals surface area contributed by atoms with Crippen molar-refractivity contribution in [2.24, 2.45) is 0 Å². The molecule has 3 rings (SSSR count). The van der Waals surface area contributed by atoms with Crippen LogP contribution in [0.2, 0.25) is 0 Å². The molecule has 178 valence electrons. The van der Waals surface area contributed by atoms with Gasteiger partial charge in [0.2, 0.25) is 0 Å². The summed E-state index contributed by atoms with van der Waals surface area (Å²) >= 11 is 0. The number of hydrogen-bond acceptors (Lipinski definition) is 3. The van der Waals surface area contributed by atoms with Crippen molar-refractivity contribution >= 4 is 16.9 Å². The van der Waals surface area contributed by atoms with Gasteiger partial charge in [-0.3, -0.25) is 15.1 Å². The van der Waals surface area contributed by atoms with Crippen LogP contribution in [0.5, 0.6) is 0 Å². The summed E-state index contributed by atoms with van der Waals surface area (Å²) in [5, 5.41) is 2.82. The number of H-pyrrole nitrogens is 1. The summed E-state index contributed by atoms with van der Waals surface area (Å²) in [5.41, 5.74) is 2.09. The molecule has 5 nitrogen and oxygen atoms in total. The Hall–Kier alpha value is -2.87. The minimum Gasteiger partial charge on any atom is -0.349 e. The Kier molecular flexibility index (Phi) is 8.13. The topological polar surface area (TPSA) is 61.0 Å². The lowest BCUT2D eigenvalue weighted by molar-refractivity contribution is -0.160. The van der Waals surface area contributed by atoms with Gasteiger partial charge < -0.3 is 9.88 Å². The Morgan fingerprint density at radius 2 is 1.82 bits per heavy atom. The number of pyridine rings is 1. The van der Waals surface area contributed by atoms with Gasteiger partial charge in [0.25, 0.3) is 5.91 Å². The van der Waals surface area contributed by atoms with E-state index in [-0.39, 0.29) is 17.5 Å². The van der Waals surface area contributed by atoms with Crippen LogP contribution in [-0.2, 0) is 0 Å². The van der Waals surface area contributed by atoms with Crippen LogP contribution in [0.1, 0.15) is 62.1 Å². The number of nitrogens with one attached hydrogen (secondary N) is 2. The van der Waals surface area contributed by atoms with Crippen molar-refractivity contribution in [1.29, 1.82) is 0 Å². The molecule has 0 aliphatic rings. The molecular weight excluding hydrogens is 429 g/mol. The Morgan fingerprint density at radius 1 is 1.09 bits per heavy atom. The van der Waals surface area contributed by atoms with E-state index in [0.717, 1.165) is 5.52 Å². The van der Waals surface area contributed by atoms with E-state index in [1.165, 1.54) is 12.1 Å². The molecule has 3 aromatic rings. The Bertz CT molecular complexity index is 1000. The van der Waals surface area contributed by atoms with E-state index < -0.39 is 18.3 Å². The highest BCUT2D eigenvalue weighted by Gasteiger charge is 2.42. The Balaban J connectivity index is 1.78. The molecule has 2 heterocycles. The number of fused-ring (bicyclic) bond motifs is 1. The lowest BCUT2D eigenvalue weighted by Crippen LogP contribution is -2.46. The Morgan fingerprint density at radius 3 is 2.39 bits per heavy atom. The smallest absolute Gasteiger partial charge is 0.349 e. The predicted octanol–water partition coefficient (Wildman–Crippen LogP) is 5.87. The van der Waals surface area contributed by atoms with Gasteiger partial charge in [0.05, 0.1) is 11.0 Å². The van der Waals surface area contributed by atoms with Gasteiger partial charge in [0, 0.05) is 24.8 Å². The normalized spacial score (nSPS) is 14.7. The SMILES string of the molecule is CC[C@H](C[C@H](CC)N(CC)C(=O)c1cc2ncccc2[nH]1)NC(c1ccccc1)C(F)(F)F. The van der Waals surface area contributed by atoms with E-state index >= 15 is 0 Å². The maximum atomic E-state index is 13.9. The van der Waals surface area contributed by atoms with Crippen molar-refractivity contribution in [2.75, 3.05) is 6.54 Å². The van der Waals surface area contributed by atoms with Crippen LogP contribution in [0.3, 0.4) is 0 Å². The highest BCUT2D eigenvalue weighted by Crippen LogP contribution is 2.34. The first-order chi connectivity index (χ1) is 15.8. The molecule has 3 atom stereocenters. The fourth-order valence-corrected chi connectivity index (χ4v) is 4.25. The summed E-state index contributed by atoms with van der Waals surface area (Å²) in [6.45, 7) is 6.17. The average molecular weight is 461 g/mol. The lowest BCUT2D eigenvalue weighted by Gasteiger charge is -2.34. The summed E-state index contributed by atoms with van der Waals surface area (Å²) in [4.78, 5) is 22.4. The zero-order valence-electron chi connectivity index (χ0n) is 19.2. The van der Waals surface area contributed by atoms with E-state index in [0.29, 0.717) is 37.0 Å². The third kappa shape index (κ3) is 5.93. The molecule has 0 saturated carbocycles. The third-order valence-corrected chi connectivity index (χ3v) is 6.04. The fraction of sp³-hybridized carbons (Fsp3) is 0.440. The summed E-state index contributed by atoms with van der Waals surface area (Å²) < 4.78 is 41.6. The van der Waals surface area contributed by atoms with E-state index in [2.05, 4.69) is 15.3 Å². The molecule has 0 aliphatic carbocycles. The molecule has 0 fully saturated rings. The van der Waals surface area contributed by atoms with Gasteiger partial charge in [-0.1, -0.05) is 44.2 Å². The van der Waals surface area contributed by atoms with Crippen molar-refractivity contribution < 1.29 is 18.0 Å². The number of halogens is 3. The number of aromatic amines is 1. The second-order valence-corrected chi connectivity index (χ2v) is 8.17. The molecule has 1 amide bonds. The second-order valence-electron chi connectivity index (χ2n) is 8.17. The highest BCUT2D eigenvalue weighted by molar-refractivity contribution is 5.97. The van der Waals surface area contributed by atoms with Gasteiger partial charge in [-0.25, -0.2) is 0 Å². The molecular formula is C25H31F3N4O. The van der Waals surface area contributed by atoms with Crippen LogP contribution in [0.15, 0.2) is 54.7 Å². The first-order valence-electron chi connectivity index (χ1n) is 11.4. The summed E-state index contributed by atoms with van der Waals surface area (Å²) in [6, 6.07) is 10.9. The molecule has 2 aromatic heterocycles. The van der Waals surface area contributed by atoms with Gasteiger partial charge in [0.1, 0.15) is 11.7 Å². The number of carbonyl (C=O) groups excluding carboxylic acids is 1. The standard InChI is InChI=1S/C25H31F3N4O/c1-4-18(30-23(25(26,27)28)17-11-8-7-9-12-17)15-19(5-2)32(6-3)24(33)22-16-21-20(31-22)13-10-14-29-21/h7-14,16,18-19,23,30-31H,4-6,15H2,1-3H3/t18-,19+,23?/m1/s1. The molecule has 0 bridgehead atoms. The number of aromatic nitrogens is 2. The lowest BCUT2D eigenvalue weighted by atomic mass is 9.98. The minimum atomic E-state index is -4.42. The van der Waals surface area contributed by atoms with Crippen LogP contribution in [-0.4, -0.2) is 45.6 Å². The third-order valence-electron chi connectivity index (χ3n) is 6.04. The van der Waals surface area contributed by atoms with Gasteiger partial charge in [-0.2, -0.15) is 13.2 Å². The Labute approximate surface area is 192 Å². The minimum absolute atomic E-state index is 0.173. The van der Waals surface area contributed by atoms with Gasteiger partial charge in [-0.15, -0.1) is 0 Å². The van der Waals surface area contributed by atoms with Crippen LogP contribution in [0.25, 0.3) is 11.0 Å². The quantitative estimate of drug-likeness (QED) is 0.398. The van der Waals surface area contributed by atoms with Gasteiger partial charge in [0.15, 0.2) is 0 Å². The number of nitrogens with zero attached hydrogens (tertiary/aromatic N) is 2. The average Bonchev–Trinajstić information content (AvgIpc) is 3.25. The zero-order valence-corrected chi connectivity index (χ0v) is 19.2. The van der Waals surface area contributed by atoms with E-state index in [1.807, 2.05) is 26.8 Å². The van der Waals surface area contributed by atoms with Crippen LogP contribution in [0, 0.1) is 0 Å². The molecule has 0 aliphatic heterocycles. The first kappa shape index (κ1) is 24.8. The summed E-state index contributed by atoms with van der Waals surface area (Å²) in [5.74, 6) is -0.173. The summed E-state index contributed by atoms with van der Waals surface area (Å²) in [7, 11) is 0. The number of hydrogen-bond donors (Lipinski definition) is 2. The molecule has 8 heteroatoms. The molecule has 1 unspecified atom stereocenters. The number of alkyl halides is 3. The van der Waals surface area contributed by atoms with Crippen molar-refractivity contribution in [1.82, 2.24) is 20.2 Å². The first-order valence-corrected chi connectivity index (χ1v) is 11.4. The van der Waals surface area contributed by atoms with E-state index in [4.69, 9.17) is 0 Å². The molecule has 0 saturated heterocycles. The van der Waals surface area contributed by atoms with E-state index in [9.17, 15) is 18.0 Å². The molecule has 2 N–H and O–H groups in total. The van der Waals surface area contributed by atoms with Crippen molar-refractivity contribution in [3.05, 3.63) is 66.0 Å². The van der Waals surface area contributed by atoms with Gasteiger partial charge >= 0.3 is 6.18 Å². The maximum absolute atomic E-state index is 13.9. The monoisotopic (exact) mass is 460 g/mol. The molecule has 0 spiro atoms. The van der Waals surface area contributed by atoms with Crippen molar-refractivity contribution in [2.45, 2.75) is 64.3 Å². The largest absolute Gasteiger partial charge is 0.407 e. The van der Waals surface area contributed by atoms with Crippen molar-refractivity contribution in [3.8, 4) is 0 Å². The van der Waals surface area contributed by atoms with Crippen molar-refractivity contribution in [3.63, 3.8) is 0 Å². The van der Waals surface area contributed by atoms with Gasteiger partial charge in [-0.05, 0) is 49.9 Å². The number of rotatable bonds is 10. The molecule has 1 aromatic carbocycles. The highest BCUT2D eigenvalue weighted by atomic mass is 19.4. The second kappa shape index (κ2) is 10.8. The number of carbonyl (C=O) groups is 1. The fourth-order valence-electron chi connectivity index (χ4n) is 4.25.